The molecule has 0 unspecified atom stereocenters. The number of cyclic esters (lactones) is 1. The first-order chi connectivity index (χ1) is 13.1. The first kappa shape index (κ1) is 17.4. The summed E-state index contributed by atoms with van der Waals surface area (Å²) in [6.07, 6.45) is 2.47. The average molecular weight is 381 g/mol. The molecule has 2 atom stereocenters. The van der Waals surface area contributed by atoms with Gasteiger partial charge in [0.2, 0.25) is 0 Å². The summed E-state index contributed by atoms with van der Waals surface area (Å²) in [4.78, 5) is 16.1. The molecular formula is C21H17ClN2O3. The number of halogens is 1. The van der Waals surface area contributed by atoms with E-state index in [9.17, 15) is 4.79 Å². The Morgan fingerprint density at radius 1 is 1.04 bits per heavy atom. The third kappa shape index (κ3) is 3.59. The first-order valence-corrected chi connectivity index (χ1v) is 8.84. The summed E-state index contributed by atoms with van der Waals surface area (Å²) in [5, 5.41) is 3.48. The van der Waals surface area contributed by atoms with Gasteiger partial charge in [0.05, 0.1) is 18.2 Å². The lowest BCUT2D eigenvalue weighted by Crippen LogP contribution is -2.19. The van der Waals surface area contributed by atoms with Gasteiger partial charge < -0.3 is 14.8 Å². The van der Waals surface area contributed by atoms with E-state index in [2.05, 4.69) is 10.3 Å². The van der Waals surface area contributed by atoms with Crippen LogP contribution in [0.5, 0.6) is 5.75 Å². The monoisotopic (exact) mass is 380 g/mol. The number of nitrogens with zero attached hydrogens (tertiary/aromatic N) is 1. The Labute approximate surface area is 161 Å². The van der Waals surface area contributed by atoms with Gasteiger partial charge in [0, 0.05) is 18.0 Å². The van der Waals surface area contributed by atoms with Crippen molar-refractivity contribution in [1.29, 1.82) is 0 Å². The zero-order chi connectivity index (χ0) is 18.8. The van der Waals surface area contributed by atoms with Gasteiger partial charge in [-0.15, -0.1) is 0 Å². The third-order valence-electron chi connectivity index (χ3n) is 4.52. The molecule has 136 valence electrons. The SMILES string of the molecule is COc1cccc([C@H]2OC(=O)N[C@@H]2c2cccc(-c3cncc(Cl)c3)c2)c1. The molecule has 1 aliphatic rings. The highest BCUT2D eigenvalue weighted by Gasteiger charge is 2.36. The standard InChI is InChI=1S/C21H17ClN2O3/c1-26-18-7-3-6-15(10-18)20-19(24-21(25)27-20)14-5-2-4-13(8-14)16-9-17(22)12-23-11-16/h2-12,19-20H,1H3,(H,24,25)/t19-,20-/m1/s1. The van der Waals surface area contributed by atoms with Gasteiger partial charge in [0.15, 0.2) is 6.10 Å². The maximum Gasteiger partial charge on any atom is 0.408 e. The van der Waals surface area contributed by atoms with Crippen LogP contribution in [0.25, 0.3) is 11.1 Å². The quantitative estimate of drug-likeness (QED) is 0.697. The molecule has 1 amide bonds. The van der Waals surface area contributed by atoms with E-state index >= 15 is 0 Å². The molecule has 1 fully saturated rings. The van der Waals surface area contributed by atoms with E-state index in [1.165, 1.54) is 0 Å². The Bertz CT molecular complexity index is 992. The number of hydrogen-bond acceptors (Lipinski definition) is 4. The fourth-order valence-electron chi connectivity index (χ4n) is 3.24. The van der Waals surface area contributed by atoms with Crippen molar-refractivity contribution >= 4 is 17.7 Å². The highest BCUT2D eigenvalue weighted by molar-refractivity contribution is 6.30. The minimum atomic E-state index is -0.444. The van der Waals surface area contributed by atoms with Crippen LogP contribution >= 0.6 is 11.6 Å². The molecule has 0 radical (unpaired) electrons. The van der Waals surface area contributed by atoms with E-state index in [4.69, 9.17) is 21.1 Å². The number of rotatable bonds is 4. The van der Waals surface area contributed by atoms with Gasteiger partial charge in [0.1, 0.15) is 5.75 Å². The van der Waals surface area contributed by atoms with Gasteiger partial charge in [-0.3, -0.25) is 4.98 Å². The van der Waals surface area contributed by atoms with Crippen LogP contribution in [0.1, 0.15) is 23.3 Å². The second kappa shape index (κ2) is 7.29. The molecule has 1 aliphatic heterocycles. The fraction of sp³-hybridized carbons (Fsp3) is 0.143. The van der Waals surface area contributed by atoms with Gasteiger partial charge in [-0.05, 0) is 41.0 Å². The van der Waals surface area contributed by atoms with Gasteiger partial charge in [-0.1, -0.05) is 41.9 Å². The third-order valence-corrected chi connectivity index (χ3v) is 4.72. The second-order valence-corrected chi connectivity index (χ2v) is 6.68. The number of amides is 1. The Hall–Kier alpha value is -3.05. The molecule has 27 heavy (non-hydrogen) atoms. The minimum absolute atomic E-state index is 0.309. The number of carbonyl (C=O) groups is 1. The van der Waals surface area contributed by atoms with Crippen molar-refractivity contribution in [3.63, 3.8) is 0 Å². The Morgan fingerprint density at radius 2 is 1.85 bits per heavy atom. The highest BCUT2D eigenvalue weighted by Crippen LogP contribution is 2.38. The topological polar surface area (TPSA) is 60.5 Å². The Balaban J connectivity index is 1.70. The number of nitrogens with one attached hydrogen (secondary N) is 1. The van der Waals surface area contributed by atoms with Crippen LogP contribution in [0, 0.1) is 0 Å². The van der Waals surface area contributed by atoms with E-state index in [0.29, 0.717) is 10.8 Å². The molecule has 1 N–H and O–H groups in total. The minimum Gasteiger partial charge on any atom is -0.497 e. The molecule has 1 saturated heterocycles. The first-order valence-electron chi connectivity index (χ1n) is 8.46. The van der Waals surface area contributed by atoms with Crippen LogP contribution in [0.3, 0.4) is 0 Å². The molecule has 0 bridgehead atoms. The van der Waals surface area contributed by atoms with Crippen molar-refractivity contribution in [3.05, 3.63) is 83.1 Å². The van der Waals surface area contributed by atoms with Crippen LogP contribution in [0.15, 0.2) is 67.0 Å². The van der Waals surface area contributed by atoms with E-state index < -0.39 is 12.2 Å². The van der Waals surface area contributed by atoms with E-state index in [-0.39, 0.29) is 6.04 Å². The number of hydrogen-bond donors (Lipinski definition) is 1. The van der Waals surface area contributed by atoms with E-state index in [0.717, 1.165) is 22.3 Å². The lowest BCUT2D eigenvalue weighted by Gasteiger charge is -2.19. The molecular weight excluding hydrogens is 364 g/mol. The van der Waals surface area contributed by atoms with Crippen molar-refractivity contribution in [2.75, 3.05) is 7.11 Å². The fourth-order valence-corrected chi connectivity index (χ4v) is 3.41. The van der Waals surface area contributed by atoms with E-state index in [1.807, 2.05) is 54.6 Å². The average Bonchev–Trinajstić information content (AvgIpc) is 3.10. The van der Waals surface area contributed by atoms with Crippen LogP contribution in [-0.4, -0.2) is 18.2 Å². The molecule has 0 aliphatic carbocycles. The van der Waals surface area contributed by atoms with E-state index in [1.54, 1.807) is 19.5 Å². The molecule has 0 saturated carbocycles. The molecule has 0 spiro atoms. The predicted molar refractivity (Wildman–Crippen MR) is 103 cm³/mol. The zero-order valence-electron chi connectivity index (χ0n) is 14.6. The maximum absolute atomic E-state index is 12.0. The van der Waals surface area contributed by atoms with Crippen LogP contribution in [0.2, 0.25) is 5.02 Å². The maximum atomic E-state index is 12.0. The zero-order valence-corrected chi connectivity index (χ0v) is 15.3. The number of pyridine rings is 1. The van der Waals surface area contributed by atoms with Crippen molar-refractivity contribution in [2.45, 2.75) is 12.1 Å². The largest absolute Gasteiger partial charge is 0.497 e. The molecule has 1 aromatic heterocycles. The van der Waals surface area contributed by atoms with Crippen molar-refractivity contribution in [2.24, 2.45) is 0 Å². The lowest BCUT2D eigenvalue weighted by atomic mass is 9.94. The van der Waals surface area contributed by atoms with Gasteiger partial charge >= 0.3 is 6.09 Å². The number of carbonyl (C=O) groups excluding carboxylic acids is 1. The summed E-state index contributed by atoms with van der Waals surface area (Å²) >= 11 is 6.06. The normalized spacial score (nSPS) is 18.7. The summed E-state index contributed by atoms with van der Waals surface area (Å²) < 4.78 is 10.8. The second-order valence-electron chi connectivity index (χ2n) is 6.24. The van der Waals surface area contributed by atoms with Gasteiger partial charge in [-0.25, -0.2) is 4.79 Å². The number of alkyl carbamates (subject to hydrolysis) is 1. The van der Waals surface area contributed by atoms with Crippen molar-refractivity contribution < 1.29 is 14.3 Å². The molecule has 5 nitrogen and oxygen atoms in total. The summed E-state index contributed by atoms with van der Waals surface area (Å²) in [7, 11) is 1.61. The molecule has 6 heteroatoms. The van der Waals surface area contributed by atoms with Crippen molar-refractivity contribution in [1.82, 2.24) is 10.3 Å². The molecule has 3 aromatic rings. The highest BCUT2D eigenvalue weighted by atomic mass is 35.5. The number of methoxy groups -OCH3 is 1. The number of aromatic nitrogens is 1. The summed E-state index contributed by atoms with van der Waals surface area (Å²) in [5.41, 5.74) is 3.68. The number of benzene rings is 2. The smallest absolute Gasteiger partial charge is 0.408 e. The molecule has 2 aromatic carbocycles. The number of ether oxygens (including phenoxy) is 2. The summed E-state index contributed by atoms with van der Waals surface area (Å²) in [6, 6.07) is 17.0. The van der Waals surface area contributed by atoms with Crippen LogP contribution in [-0.2, 0) is 4.74 Å². The predicted octanol–water partition coefficient (Wildman–Crippen LogP) is 4.93. The summed E-state index contributed by atoms with van der Waals surface area (Å²) in [5.74, 6) is 0.716. The van der Waals surface area contributed by atoms with Crippen LogP contribution in [0.4, 0.5) is 4.79 Å². The Morgan fingerprint density at radius 3 is 2.67 bits per heavy atom. The molecule has 4 rings (SSSR count). The lowest BCUT2D eigenvalue weighted by molar-refractivity contribution is 0.132. The van der Waals surface area contributed by atoms with Crippen LogP contribution < -0.4 is 10.1 Å². The molecule has 2 heterocycles. The van der Waals surface area contributed by atoms with Gasteiger partial charge in [0.25, 0.3) is 0 Å². The Kier molecular flexibility index (Phi) is 4.69. The summed E-state index contributed by atoms with van der Waals surface area (Å²) in [6.45, 7) is 0. The van der Waals surface area contributed by atoms with Crippen molar-refractivity contribution in [3.8, 4) is 16.9 Å². The van der Waals surface area contributed by atoms with Gasteiger partial charge in [-0.2, -0.15) is 0 Å².